The molecule has 0 heterocycles. The molecule has 0 unspecified atom stereocenters. The Labute approximate surface area is 109 Å². The van der Waals surface area contributed by atoms with Crippen LogP contribution in [0.1, 0.15) is 5.56 Å². The molecule has 0 radical (unpaired) electrons. The van der Waals surface area contributed by atoms with Gasteiger partial charge < -0.3 is 26.4 Å². The SMILES string of the molecule is N[C@@H](Cc1ccc(OC(=O)[C@@H](N)CO)cc1)C(=O)O. The number of carboxylic acid groups (broad SMARTS) is 1. The molecule has 0 spiro atoms. The van der Waals surface area contributed by atoms with Crippen LogP contribution in [0.4, 0.5) is 0 Å². The number of aliphatic hydroxyl groups is 1. The summed E-state index contributed by atoms with van der Waals surface area (Å²) in [5.41, 5.74) is 11.4. The Morgan fingerprint density at radius 3 is 2.21 bits per heavy atom. The molecule has 0 aromatic heterocycles. The fourth-order valence-corrected chi connectivity index (χ4v) is 1.30. The summed E-state index contributed by atoms with van der Waals surface area (Å²) < 4.78 is 4.90. The van der Waals surface area contributed by atoms with E-state index in [1.807, 2.05) is 0 Å². The second-order valence-corrected chi connectivity index (χ2v) is 4.00. The summed E-state index contributed by atoms with van der Waals surface area (Å²) in [6.07, 6.45) is 0.180. The Morgan fingerprint density at radius 1 is 1.16 bits per heavy atom. The van der Waals surface area contributed by atoms with Crippen molar-refractivity contribution in [1.29, 1.82) is 0 Å². The summed E-state index contributed by atoms with van der Waals surface area (Å²) in [7, 11) is 0. The molecule has 1 aromatic carbocycles. The molecular formula is C12H16N2O5. The van der Waals surface area contributed by atoms with E-state index < -0.39 is 30.6 Å². The number of carbonyl (C=O) groups excluding carboxylic acids is 1. The number of nitrogens with two attached hydrogens (primary N) is 2. The number of aliphatic hydroxyl groups excluding tert-OH is 1. The molecule has 0 aliphatic rings. The molecule has 0 saturated carbocycles. The average Bonchev–Trinajstić information content (AvgIpc) is 2.39. The largest absolute Gasteiger partial charge is 0.480 e. The molecule has 1 aromatic rings. The fourth-order valence-electron chi connectivity index (χ4n) is 1.30. The summed E-state index contributed by atoms with van der Waals surface area (Å²) in [6.45, 7) is -0.496. The molecule has 0 saturated heterocycles. The minimum absolute atomic E-state index is 0.180. The molecule has 19 heavy (non-hydrogen) atoms. The Morgan fingerprint density at radius 2 is 1.74 bits per heavy atom. The highest BCUT2D eigenvalue weighted by Crippen LogP contribution is 2.13. The third kappa shape index (κ3) is 4.66. The van der Waals surface area contributed by atoms with E-state index in [2.05, 4.69) is 0 Å². The van der Waals surface area contributed by atoms with E-state index in [1.165, 1.54) is 12.1 Å². The third-order valence-electron chi connectivity index (χ3n) is 2.41. The van der Waals surface area contributed by atoms with Gasteiger partial charge in [-0.1, -0.05) is 12.1 Å². The zero-order valence-corrected chi connectivity index (χ0v) is 10.2. The molecule has 2 atom stereocenters. The van der Waals surface area contributed by atoms with Crippen LogP contribution in [-0.2, 0) is 16.0 Å². The molecule has 0 aliphatic carbocycles. The number of benzene rings is 1. The van der Waals surface area contributed by atoms with Gasteiger partial charge in [0.15, 0.2) is 0 Å². The molecule has 0 fully saturated rings. The maximum Gasteiger partial charge on any atom is 0.330 e. The van der Waals surface area contributed by atoms with Gasteiger partial charge in [-0.2, -0.15) is 0 Å². The summed E-state index contributed by atoms with van der Waals surface area (Å²) in [4.78, 5) is 21.9. The summed E-state index contributed by atoms with van der Waals surface area (Å²) >= 11 is 0. The van der Waals surface area contributed by atoms with Crippen LogP contribution in [0.15, 0.2) is 24.3 Å². The zero-order chi connectivity index (χ0) is 14.4. The van der Waals surface area contributed by atoms with Crippen LogP contribution in [0.5, 0.6) is 5.75 Å². The molecule has 104 valence electrons. The lowest BCUT2D eigenvalue weighted by Crippen LogP contribution is -2.37. The van der Waals surface area contributed by atoms with E-state index in [4.69, 9.17) is 26.4 Å². The van der Waals surface area contributed by atoms with E-state index in [9.17, 15) is 9.59 Å². The molecule has 0 bridgehead atoms. The van der Waals surface area contributed by atoms with Crippen molar-refractivity contribution < 1.29 is 24.5 Å². The second kappa shape index (κ2) is 6.83. The number of hydrogen-bond donors (Lipinski definition) is 4. The van der Waals surface area contributed by atoms with E-state index in [1.54, 1.807) is 12.1 Å². The number of carbonyl (C=O) groups is 2. The van der Waals surface area contributed by atoms with Gasteiger partial charge in [0.25, 0.3) is 0 Å². The predicted octanol–water partition coefficient (Wildman–Crippen LogP) is -1.13. The number of rotatable bonds is 6. The van der Waals surface area contributed by atoms with Crippen LogP contribution < -0.4 is 16.2 Å². The molecule has 0 aliphatic heterocycles. The van der Waals surface area contributed by atoms with Gasteiger partial charge in [0.1, 0.15) is 17.8 Å². The summed E-state index contributed by atoms with van der Waals surface area (Å²) in [5.74, 6) is -1.55. The van der Waals surface area contributed by atoms with Crippen molar-refractivity contribution in [3.05, 3.63) is 29.8 Å². The van der Waals surface area contributed by atoms with Crippen molar-refractivity contribution >= 4 is 11.9 Å². The van der Waals surface area contributed by atoms with Crippen molar-refractivity contribution in [3.8, 4) is 5.75 Å². The lowest BCUT2D eigenvalue weighted by Gasteiger charge is -2.10. The molecular weight excluding hydrogens is 252 g/mol. The van der Waals surface area contributed by atoms with Gasteiger partial charge in [0.05, 0.1) is 6.61 Å². The lowest BCUT2D eigenvalue weighted by molar-refractivity contribution is -0.138. The Hall–Kier alpha value is -1.96. The average molecular weight is 268 g/mol. The summed E-state index contributed by atoms with van der Waals surface area (Å²) in [5, 5.41) is 17.4. The number of aliphatic carboxylic acids is 1. The van der Waals surface area contributed by atoms with E-state index in [0.29, 0.717) is 5.56 Å². The van der Waals surface area contributed by atoms with E-state index in [-0.39, 0.29) is 12.2 Å². The first-order chi connectivity index (χ1) is 8.93. The maximum atomic E-state index is 11.3. The molecule has 6 N–H and O–H groups in total. The van der Waals surface area contributed by atoms with Crippen LogP contribution in [0.3, 0.4) is 0 Å². The Kier molecular flexibility index (Phi) is 5.43. The van der Waals surface area contributed by atoms with Crippen LogP contribution in [0, 0.1) is 0 Å². The highest BCUT2D eigenvalue weighted by atomic mass is 16.5. The minimum atomic E-state index is -1.08. The quantitative estimate of drug-likeness (QED) is 0.378. The van der Waals surface area contributed by atoms with Crippen molar-refractivity contribution in [1.82, 2.24) is 0 Å². The monoisotopic (exact) mass is 268 g/mol. The van der Waals surface area contributed by atoms with Gasteiger partial charge >= 0.3 is 11.9 Å². The number of esters is 1. The van der Waals surface area contributed by atoms with Gasteiger partial charge in [0.2, 0.25) is 0 Å². The second-order valence-electron chi connectivity index (χ2n) is 4.00. The van der Waals surface area contributed by atoms with Gasteiger partial charge in [0, 0.05) is 0 Å². The first kappa shape index (κ1) is 15.1. The van der Waals surface area contributed by atoms with Gasteiger partial charge in [-0.15, -0.1) is 0 Å². The van der Waals surface area contributed by atoms with Gasteiger partial charge in [-0.05, 0) is 24.1 Å². The van der Waals surface area contributed by atoms with Crippen molar-refractivity contribution in [2.24, 2.45) is 11.5 Å². The molecule has 7 heteroatoms. The topological polar surface area (TPSA) is 136 Å². The standard InChI is InChI=1S/C12H16N2O5/c13-9(11(16)17)5-7-1-3-8(4-2-7)19-12(18)10(14)6-15/h1-4,9-10,15H,5-6,13-14H2,(H,16,17)/t9-,10-/m0/s1. The molecule has 1 rings (SSSR count). The van der Waals surface area contributed by atoms with Gasteiger partial charge in [-0.25, -0.2) is 4.79 Å². The van der Waals surface area contributed by atoms with Crippen molar-refractivity contribution in [2.45, 2.75) is 18.5 Å². The van der Waals surface area contributed by atoms with Crippen LogP contribution in [0.2, 0.25) is 0 Å². The van der Waals surface area contributed by atoms with Crippen molar-refractivity contribution in [3.63, 3.8) is 0 Å². The number of carboxylic acids is 1. The first-order valence-corrected chi connectivity index (χ1v) is 5.59. The van der Waals surface area contributed by atoms with Crippen LogP contribution in [0.25, 0.3) is 0 Å². The number of hydrogen-bond acceptors (Lipinski definition) is 6. The highest BCUT2D eigenvalue weighted by Gasteiger charge is 2.15. The van der Waals surface area contributed by atoms with E-state index in [0.717, 1.165) is 0 Å². The Balaban J connectivity index is 2.61. The van der Waals surface area contributed by atoms with Gasteiger partial charge in [-0.3, -0.25) is 4.79 Å². The lowest BCUT2D eigenvalue weighted by atomic mass is 10.1. The number of ether oxygens (including phenoxy) is 1. The van der Waals surface area contributed by atoms with E-state index >= 15 is 0 Å². The smallest absolute Gasteiger partial charge is 0.330 e. The predicted molar refractivity (Wildman–Crippen MR) is 66.5 cm³/mol. The minimum Gasteiger partial charge on any atom is -0.480 e. The third-order valence-corrected chi connectivity index (χ3v) is 2.41. The fraction of sp³-hybridized carbons (Fsp3) is 0.333. The first-order valence-electron chi connectivity index (χ1n) is 5.59. The van der Waals surface area contributed by atoms with Crippen LogP contribution >= 0.6 is 0 Å². The normalized spacial score (nSPS) is 13.6. The summed E-state index contributed by atoms with van der Waals surface area (Å²) in [6, 6.07) is 4.17. The Bertz CT molecular complexity index is 446. The zero-order valence-electron chi connectivity index (χ0n) is 10.2. The van der Waals surface area contributed by atoms with Crippen LogP contribution in [-0.4, -0.2) is 40.8 Å². The molecule has 0 amide bonds. The highest BCUT2D eigenvalue weighted by molar-refractivity contribution is 5.78. The maximum absolute atomic E-state index is 11.3. The van der Waals surface area contributed by atoms with Crippen molar-refractivity contribution in [2.75, 3.05) is 6.61 Å². The molecule has 7 nitrogen and oxygen atoms in total.